The number of benzene rings is 1. The lowest BCUT2D eigenvalue weighted by molar-refractivity contribution is -0.116. The largest absolute Gasteiger partial charge is 0.487 e. The van der Waals surface area contributed by atoms with Crippen molar-refractivity contribution >= 4 is 5.78 Å². The van der Waals surface area contributed by atoms with E-state index >= 15 is 0 Å². The fraction of sp³-hybridized carbons (Fsp3) is 0.500. The monoisotopic (exact) mass is 252 g/mol. The maximum atomic E-state index is 13.8. The Balaban J connectivity index is 2.02. The molecular formula is C14H17FO3. The second-order valence-electron chi connectivity index (χ2n) is 4.57. The lowest BCUT2D eigenvalue weighted by Gasteiger charge is -2.23. The predicted octanol–water partition coefficient (Wildman–Crippen LogP) is 2.52. The molecule has 1 fully saturated rings. The first-order valence-corrected chi connectivity index (χ1v) is 6.17. The standard InChI is InChI=1S/C14H17FO3/c1-10(16)8-11-2-3-14(13(15)9-11)18-12-4-6-17-7-5-12/h2-3,9,12H,4-8H2,1H3. The first kappa shape index (κ1) is 13.0. The number of rotatable bonds is 4. The van der Waals surface area contributed by atoms with E-state index in [2.05, 4.69) is 0 Å². The third kappa shape index (κ3) is 3.53. The third-order valence-electron chi connectivity index (χ3n) is 2.91. The van der Waals surface area contributed by atoms with Crippen molar-refractivity contribution in [3.63, 3.8) is 0 Å². The molecule has 0 atom stereocenters. The minimum Gasteiger partial charge on any atom is -0.487 e. The van der Waals surface area contributed by atoms with Crippen molar-refractivity contribution in [1.29, 1.82) is 0 Å². The molecular weight excluding hydrogens is 235 g/mol. The molecule has 0 N–H and O–H groups in total. The average molecular weight is 252 g/mol. The van der Waals surface area contributed by atoms with Gasteiger partial charge in [0.15, 0.2) is 11.6 Å². The fourth-order valence-corrected chi connectivity index (χ4v) is 2.01. The highest BCUT2D eigenvalue weighted by atomic mass is 19.1. The Kier molecular flexibility index (Phi) is 4.31. The number of carbonyl (C=O) groups is 1. The summed E-state index contributed by atoms with van der Waals surface area (Å²) in [6.45, 7) is 2.81. The van der Waals surface area contributed by atoms with Crippen LogP contribution in [0.3, 0.4) is 0 Å². The maximum absolute atomic E-state index is 13.8. The molecule has 1 saturated heterocycles. The van der Waals surface area contributed by atoms with Crippen molar-refractivity contribution in [3.05, 3.63) is 29.6 Å². The molecule has 0 unspecified atom stereocenters. The minimum absolute atomic E-state index is 0.0203. The normalized spacial score (nSPS) is 16.6. The van der Waals surface area contributed by atoms with E-state index in [4.69, 9.17) is 9.47 Å². The topological polar surface area (TPSA) is 35.5 Å². The van der Waals surface area contributed by atoms with Gasteiger partial charge in [0.1, 0.15) is 11.9 Å². The Bertz CT molecular complexity index is 425. The minimum atomic E-state index is -0.403. The molecule has 1 aliphatic rings. The van der Waals surface area contributed by atoms with Gasteiger partial charge in [-0.25, -0.2) is 4.39 Å². The van der Waals surface area contributed by atoms with Crippen molar-refractivity contribution in [2.45, 2.75) is 32.3 Å². The van der Waals surface area contributed by atoms with E-state index in [0.29, 0.717) is 18.8 Å². The molecule has 0 amide bonds. The summed E-state index contributed by atoms with van der Waals surface area (Å²) in [5.41, 5.74) is 0.680. The van der Waals surface area contributed by atoms with E-state index < -0.39 is 5.82 Å². The van der Waals surface area contributed by atoms with Gasteiger partial charge in [-0.3, -0.25) is 4.79 Å². The summed E-state index contributed by atoms with van der Waals surface area (Å²) in [5.74, 6) is -0.123. The first-order chi connectivity index (χ1) is 8.65. The number of hydrogen-bond acceptors (Lipinski definition) is 3. The Morgan fingerprint density at radius 3 is 2.78 bits per heavy atom. The van der Waals surface area contributed by atoms with Crippen LogP contribution in [-0.2, 0) is 16.0 Å². The Hall–Kier alpha value is -1.42. The molecule has 1 aromatic rings. The molecule has 1 heterocycles. The zero-order chi connectivity index (χ0) is 13.0. The first-order valence-electron chi connectivity index (χ1n) is 6.17. The van der Waals surface area contributed by atoms with Gasteiger partial charge in [-0.1, -0.05) is 6.07 Å². The van der Waals surface area contributed by atoms with Gasteiger partial charge in [0.2, 0.25) is 0 Å². The van der Waals surface area contributed by atoms with Gasteiger partial charge in [-0.2, -0.15) is 0 Å². The highest BCUT2D eigenvalue weighted by Gasteiger charge is 2.17. The molecule has 1 aromatic carbocycles. The number of ketones is 1. The lowest BCUT2D eigenvalue weighted by atomic mass is 10.1. The van der Waals surface area contributed by atoms with Crippen LogP contribution in [0.4, 0.5) is 4.39 Å². The van der Waals surface area contributed by atoms with Crippen molar-refractivity contribution in [1.82, 2.24) is 0 Å². The van der Waals surface area contributed by atoms with Crippen molar-refractivity contribution in [2.24, 2.45) is 0 Å². The highest BCUT2D eigenvalue weighted by molar-refractivity contribution is 5.78. The fourth-order valence-electron chi connectivity index (χ4n) is 2.01. The maximum Gasteiger partial charge on any atom is 0.165 e. The second-order valence-corrected chi connectivity index (χ2v) is 4.57. The van der Waals surface area contributed by atoms with Crippen LogP contribution < -0.4 is 4.74 Å². The van der Waals surface area contributed by atoms with E-state index in [1.165, 1.54) is 13.0 Å². The van der Waals surface area contributed by atoms with Gasteiger partial charge in [-0.05, 0) is 24.6 Å². The summed E-state index contributed by atoms with van der Waals surface area (Å²) in [4.78, 5) is 11.0. The zero-order valence-corrected chi connectivity index (χ0v) is 10.4. The van der Waals surface area contributed by atoms with Gasteiger partial charge in [0.05, 0.1) is 13.2 Å². The van der Waals surface area contributed by atoms with Gasteiger partial charge >= 0.3 is 0 Å². The number of hydrogen-bond donors (Lipinski definition) is 0. The van der Waals surface area contributed by atoms with Crippen molar-refractivity contribution in [2.75, 3.05) is 13.2 Å². The Morgan fingerprint density at radius 1 is 1.44 bits per heavy atom. The van der Waals surface area contributed by atoms with Crippen LogP contribution in [0.15, 0.2) is 18.2 Å². The van der Waals surface area contributed by atoms with E-state index in [0.717, 1.165) is 12.8 Å². The highest BCUT2D eigenvalue weighted by Crippen LogP contribution is 2.22. The van der Waals surface area contributed by atoms with Gasteiger partial charge in [0.25, 0.3) is 0 Å². The molecule has 0 aliphatic carbocycles. The Labute approximate surface area is 106 Å². The number of carbonyl (C=O) groups excluding carboxylic acids is 1. The number of halogens is 1. The molecule has 1 aliphatic heterocycles. The quantitative estimate of drug-likeness (QED) is 0.826. The van der Waals surface area contributed by atoms with Crippen LogP contribution in [0.5, 0.6) is 5.75 Å². The summed E-state index contributed by atoms with van der Waals surface area (Å²) in [6, 6.07) is 4.71. The summed E-state index contributed by atoms with van der Waals surface area (Å²) >= 11 is 0. The molecule has 4 heteroatoms. The molecule has 2 rings (SSSR count). The summed E-state index contributed by atoms with van der Waals surface area (Å²) in [5, 5.41) is 0. The van der Waals surface area contributed by atoms with Crippen LogP contribution in [0.2, 0.25) is 0 Å². The van der Waals surface area contributed by atoms with Gasteiger partial charge in [-0.15, -0.1) is 0 Å². The van der Waals surface area contributed by atoms with Crippen LogP contribution in [0.25, 0.3) is 0 Å². The van der Waals surface area contributed by atoms with Crippen LogP contribution in [0, 0.1) is 5.82 Å². The molecule has 0 radical (unpaired) electrons. The van der Waals surface area contributed by atoms with Gasteiger partial charge in [0, 0.05) is 19.3 Å². The van der Waals surface area contributed by atoms with Crippen LogP contribution in [-0.4, -0.2) is 25.1 Å². The van der Waals surface area contributed by atoms with Gasteiger partial charge < -0.3 is 9.47 Å². The number of ether oxygens (including phenoxy) is 2. The zero-order valence-electron chi connectivity index (χ0n) is 10.4. The molecule has 0 spiro atoms. The smallest absolute Gasteiger partial charge is 0.165 e. The van der Waals surface area contributed by atoms with Crippen molar-refractivity contribution < 1.29 is 18.7 Å². The van der Waals surface area contributed by atoms with Crippen molar-refractivity contribution in [3.8, 4) is 5.75 Å². The molecule has 98 valence electrons. The van der Waals surface area contributed by atoms with E-state index in [-0.39, 0.29) is 24.1 Å². The lowest BCUT2D eigenvalue weighted by Crippen LogP contribution is -2.26. The second kappa shape index (κ2) is 5.96. The predicted molar refractivity (Wildman–Crippen MR) is 65.3 cm³/mol. The van der Waals surface area contributed by atoms with E-state index in [1.54, 1.807) is 12.1 Å². The summed E-state index contributed by atoms with van der Waals surface area (Å²) in [7, 11) is 0. The molecule has 0 bridgehead atoms. The van der Waals surface area contributed by atoms with Crippen LogP contribution >= 0.6 is 0 Å². The average Bonchev–Trinajstić information content (AvgIpc) is 2.33. The van der Waals surface area contributed by atoms with E-state index in [9.17, 15) is 9.18 Å². The molecule has 0 saturated carbocycles. The molecule has 18 heavy (non-hydrogen) atoms. The third-order valence-corrected chi connectivity index (χ3v) is 2.91. The van der Waals surface area contributed by atoms with E-state index in [1.807, 2.05) is 0 Å². The number of Topliss-reactive ketones (excluding diaryl/α,β-unsaturated/α-hetero) is 1. The summed E-state index contributed by atoms with van der Waals surface area (Å²) in [6.07, 6.45) is 1.85. The summed E-state index contributed by atoms with van der Waals surface area (Å²) < 4.78 is 24.6. The SMILES string of the molecule is CC(=O)Cc1ccc(OC2CCOCC2)c(F)c1. The van der Waals surface area contributed by atoms with Crippen LogP contribution in [0.1, 0.15) is 25.3 Å². The molecule has 0 aromatic heterocycles. The Morgan fingerprint density at radius 2 is 2.17 bits per heavy atom. The molecule has 3 nitrogen and oxygen atoms in total.